The summed E-state index contributed by atoms with van der Waals surface area (Å²) in [4.78, 5) is 67.3. The first-order valence-electron chi connectivity index (χ1n) is 12.2. The van der Waals surface area contributed by atoms with Crippen molar-refractivity contribution in [1.82, 2.24) is 35.0 Å². The lowest BCUT2D eigenvalue weighted by Crippen LogP contribution is -2.59. The van der Waals surface area contributed by atoms with Crippen LogP contribution in [0.3, 0.4) is 0 Å². The Morgan fingerprint density at radius 2 is 1.89 bits per heavy atom. The number of carbonyl (C=O) groups excluding carboxylic acids is 5. The normalized spacial score (nSPS) is 24.1. The lowest BCUT2D eigenvalue weighted by atomic mass is 9.99. The number of hydrogen-bond donors (Lipinski definition) is 1. The molecule has 4 aliphatic heterocycles. The molecule has 1 N–H and O–H groups in total. The summed E-state index contributed by atoms with van der Waals surface area (Å²) in [6.07, 6.45) is 4.92. The van der Waals surface area contributed by atoms with Crippen LogP contribution in [-0.2, 0) is 20.9 Å². The van der Waals surface area contributed by atoms with E-state index >= 15 is 0 Å². The van der Waals surface area contributed by atoms with Gasteiger partial charge in [-0.05, 0) is 43.4 Å². The molecular weight excluding hydrogens is 466 g/mol. The third-order valence-electron chi connectivity index (χ3n) is 7.48. The molecule has 5 amide bonds. The number of imide groups is 1. The standard InChI is InChI=1S/C24H25N7O5/c32-20-7-6-19(22(34)25-20)30-10-14-4-5-15(9-17(14)23(30)35)31-12-18(26-27-31)24(36)28-11-16-3-1-2-8-29(16)21(33)13-28/h4-5,9,12,16,19H,1-3,6-8,10-11,13H2,(H,25,32,34). The predicted octanol–water partition coefficient (Wildman–Crippen LogP) is -0.135. The zero-order valence-corrected chi connectivity index (χ0v) is 19.6. The molecular formula is C24H25N7O5. The van der Waals surface area contributed by atoms with Gasteiger partial charge in [-0.15, -0.1) is 5.10 Å². The average molecular weight is 492 g/mol. The number of amides is 5. The van der Waals surface area contributed by atoms with E-state index in [1.807, 2.05) is 4.90 Å². The van der Waals surface area contributed by atoms with Crippen LogP contribution in [0.4, 0.5) is 0 Å². The molecule has 0 spiro atoms. The Hall–Kier alpha value is -4.09. The lowest BCUT2D eigenvalue weighted by molar-refractivity contribution is -0.140. The third kappa shape index (κ3) is 3.73. The van der Waals surface area contributed by atoms with Crippen LogP contribution in [0.1, 0.15) is 58.5 Å². The van der Waals surface area contributed by atoms with Crippen LogP contribution in [0.2, 0.25) is 0 Å². The van der Waals surface area contributed by atoms with Crippen molar-refractivity contribution in [1.29, 1.82) is 0 Å². The maximum Gasteiger partial charge on any atom is 0.276 e. The summed E-state index contributed by atoms with van der Waals surface area (Å²) < 4.78 is 1.42. The van der Waals surface area contributed by atoms with Gasteiger partial charge in [0.25, 0.3) is 11.8 Å². The summed E-state index contributed by atoms with van der Waals surface area (Å²) in [6.45, 7) is 1.55. The molecule has 0 radical (unpaired) electrons. The van der Waals surface area contributed by atoms with Crippen LogP contribution in [0.15, 0.2) is 24.4 Å². The molecule has 2 atom stereocenters. The number of rotatable bonds is 3. The van der Waals surface area contributed by atoms with E-state index in [0.29, 0.717) is 24.2 Å². The molecule has 2 unspecified atom stereocenters. The monoisotopic (exact) mass is 491 g/mol. The van der Waals surface area contributed by atoms with Gasteiger partial charge in [0.2, 0.25) is 17.7 Å². The summed E-state index contributed by atoms with van der Waals surface area (Å²) >= 11 is 0. The van der Waals surface area contributed by atoms with Gasteiger partial charge in [0.05, 0.1) is 11.9 Å². The molecule has 0 aliphatic carbocycles. The number of hydrogen-bond acceptors (Lipinski definition) is 7. The van der Waals surface area contributed by atoms with Crippen LogP contribution in [-0.4, -0.2) is 90.9 Å². The second kappa shape index (κ2) is 8.54. The smallest absolute Gasteiger partial charge is 0.276 e. The highest BCUT2D eigenvalue weighted by molar-refractivity contribution is 6.05. The topological polar surface area (TPSA) is 138 Å². The van der Waals surface area contributed by atoms with Crippen LogP contribution in [0, 0.1) is 0 Å². The first kappa shape index (κ1) is 22.4. The highest BCUT2D eigenvalue weighted by Crippen LogP contribution is 2.29. The van der Waals surface area contributed by atoms with Crippen molar-refractivity contribution in [2.75, 3.05) is 19.6 Å². The van der Waals surface area contributed by atoms with Gasteiger partial charge in [-0.3, -0.25) is 29.3 Å². The van der Waals surface area contributed by atoms with E-state index in [1.54, 1.807) is 18.2 Å². The van der Waals surface area contributed by atoms with E-state index in [4.69, 9.17) is 0 Å². The number of aromatic nitrogens is 3. The van der Waals surface area contributed by atoms with Gasteiger partial charge in [-0.1, -0.05) is 11.3 Å². The van der Waals surface area contributed by atoms with Crippen LogP contribution >= 0.6 is 0 Å². The van der Waals surface area contributed by atoms with E-state index in [-0.39, 0.29) is 54.9 Å². The SMILES string of the molecule is O=C1CCC(N2Cc3ccc(-n4cc(C(=O)N5CC(=O)N6CCCCC6C5)nn4)cc3C2=O)C(=O)N1. The van der Waals surface area contributed by atoms with Gasteiger partial charge in [0.15, 0.2) is 5.69 Å². The molecule has 4 aliphatic rings. The van der Waals surface area contributed by atoms with E-state index in [0.717, 1.165) is 31.4 Å². The molecule has 1 aromatic carbocycles. The maximum absolute atomic E-state index is 13.1. The van der Waals surface area contributed by atoms with Crippen molar-refractivity contribution >= 4 is 29.5 Å². The molecule has 12 heteroatoms. The van der Waals surface area contributed by atoms with Gasteiger partial charge in [0.1, 0.15) is 12.6 Å². The Bertz CT molecular complexity index is 1300. The van der Waals surface area contributed by atoms with E-state index in [1.165, 1.54) is 20.7 Å². The summed E-state index contributed by atoms with van der Waals surface area (Å²) in [7, 11) is 0. The highest BCUT2D eigenvalue weighted by Gasteiger charge is 2.40. The third-order valence-corrected chi connectivity index (χ3v) is 7.48. The lowest BCUT2D eigenvalue weighted by Gasteiger charge is -2.43. The second-order valence-electron chi connectivity index (χ2n) is 9.71. The van der Waals surface area contributed by atoms with Crippen molar-refractivity contribution in [3.05, 3.63) is 41.2 Å². The molecule has 3 saturated heterocycles. The Labute approximate surface area is 206 Å². The molecule has 6 rings (SSSR count). The minimum atomic E-state index is -0.686. The van der Waals surface area contributed by atoms with Crippen molar-refractivity contribution in [2.45, 2.75) is 50.7 Å². The number of fused-ring (bicyclic) bond motifs is 2. The van der Waals surface area contributed by atoms with Crippen LogP contribution in [0.25, 0.3) is 5.69 Å². The van der Waals surface area contributed by atoms with Gasteiger partial charge < -0.3 is 14.7 Å². The van der Waals surface area contributed by atoms with Gasteiger partial charge in [-0.2, -0.15) is 0 Å². The van der Waals surface area contributed by atoms with E-state index in [2.05, 4.69) is 15.6 Å². The first-order valence-corrected chi connectivity index (χ1v) is 12.2. The van der Waals surface area contributed by atoms with Crippen molar-refractivity contribution < 1.29 is 24.0 Å². The number of nitrogens with one attached hydrogen (secondary N) is 1. The summed E-state index contributed by atoms with van der Waals surface area (Å²) in [5, 5.41) is 10.4. The van der Waals surface area contributed by atoms with Crippen LogP contribution < -0.4 is 5.32 Å². The summed E-state index contributed by atoms with van der Waals surface area (Å²) in [5.41, 5.74) is 1.89. The fourth-order valence-corrected chi connectivity index (χ4v) is 5.58. The maximum atomic E-state index is 13.1. The molecule has 12 nitrogen and oxygen atoms in total. The number of piperazine rings is 1. The van der Waals surface area contributed by atoms with Crippen LogP contribution in [0.5, 0.6) is 0 Å². The fraction of sp³-hybridized carbons (Fsp3) is 0.458. The summed E-state index contributed by atoms with van der Waals surface area (Å²) in [6, 6.07) is 4.59. The number of benzene rings is 1. The van der Waals surface area contributed by atoms with E-state index < -0.39 is 11.9 Å². The van der Waals surface area contributed by atoms with Gasteiger partial charge in [0, 0.05) is 37.7 Å². The molecule has 3 fully saturated rings. The average Bonchev–Trinajstić information content (AvgIpc) is 3.49. The fourth-order valence-electron chi connectivity index (χ4n) is 5.58. The highest BCUT2D eigenvalue weighted by atomic mass is 16.2. The minimum Gasteiger partial charge on any atom is -0.336 e. The molecule has 5 heterocycles. The molecule has 186 valence electrons. The zero-order chi connectivity index (χ0) is 25.0. The number of nitrogens with zero attached hydrogens (tertiary/aromatic N) is 6. The van der Waals surface area contributed by atoms with E-state index in [9.17, 15) is 24.0 Å². The predicted molar refractivity (Wildman–Crippen MR) is 123 cm³/mol. The molecule has 2 aromatic rings. The zero-order valence-electron chi connectivity index (χ0n) is 19.6. The number of piperidine rings is 2. The van der Waals surface area contributed by atoms with Crippen molar-refractivity contribution in [3.8, 4) is 5.69 Å². The second-order valence-corrected chi connectivity index (χ2v) is 9.71. The Kier molecular flexibility index (Phi) is 5.31. The largest absolute Gasteiger partial charge is 0.336 e. The quantitative estimate of drug-likeness (QED) is 0.590. The Morgan fingerprint density at radius 3 is 2.72 bits per heavy atom. The van der Waals surface area contributed by atoms with Crippen molar-refractivity contribution in [3.63, 3.8) is 0 Å². The molecule has 36 heavy (non-hydrogen) atoms. The minimum absolute atomic E-state index is 0.0334. The molecule has 0 saturated carbocycles. The Morgan fingerprint density at radius 1 is 1.03 bits per heavy atom. The first-order chi connectivity index (χ1) is 17.4. The van der Waals surface area contributed by atoms with Crippen molar-refractivity contribution in [2.24, 2.45) is 0 Å². The van der Waals surface area contributed by atoms with Gasteiger partial charge >= 0.3 is 0 Å². The van der Waals surface area contributed by atoms with Gasteiger partial charge in [-0.25, -0.2) is 4.68 Å². The summed E-state index contributed by atoms with van der Waals surface area (Å²) in [5.74, 6) is -1.46. The molecule has 0 bridgehead atoms. The Balaban J connectivity index is 1.18. The molecule has 1 aromatic heterocycles. The number of carbonyl (C=O) groups is 5.